The molecule has 4 heteroatoms. The van der Waals surface area contributed by atoms with Gasteiger partial charge in [0, 0.05) is 11.6 Å². The Labute approximate surface area is 92.0 Å². The summed E-state index contributed by atoms with van der Waals surface area (Å²) in [6.07, 6.45) is 1.40. The number of nitriles is 1. The summed E-state index contributed by atoms with van der Waals surface area (Å²) in [5.74, 6) is -0.468. The zero-order chi connectivity index (χ0) is 11.5. The maximum absolute atomic E-state index is 13.5. The molecule has 0 atom stereocenters. The SMILES string of the molecule is N#Cc1ccc(-c2ncc(N)cc2F)cc1. The fraction of sp³-hybridized carbons (Fsp3) is 0. The first-order valence-electron chi connectivity index (χ1n) is 4.62. The zero-order valence-corrected chi connectivity index (χ0v) is 8.31. The molecular formula is C12H8FN3. The summed E-state index contributed by atoms with van der Waals surface area (Å²) in [6.45, 7) is 0. The second-order valence-corrected chi connectivity index (χ2v) is 3.29. The van der Waals surface area contributed by atoms with E-state index in [2.05, 4.69) is 4.98 Å². The van der Waals surface area contributed by atoms with Crippen molar-refractivity contribution in [2.24, 2.45) is 0 Å². The molecule has 0 bridgehead atoms. The molecule has 0 aliphatic carbocycles. The topological polar surface area (TPSA) is 62.7 Å². The van der Waals surface area contributed by atoms with Crippen LogP contribution in [0.2, 0.25) is 0 Å². The van der Waals surface area contributed by atoms with Gasteiger partial charge in [0.05, 0.1) is 23.5 Å². The summed E-state index contributed by atoms with van der Waals surface area (Å²) in [5.41, 5.74) is 7.08. The summed E-state index contributed by atoms with van der Waals surface area (Å²) < 4.78 is 13.5. The molecule has 1 heterocycles. The van der Waals surface area contributed by atoms with Crippen LogP contribution in [-0.2, 0) is 0 Å². The maximum Gasteiger partial charge on any atom is 0.151 e. The van der Waals surface area contributed by atoms with E-state index in [4.69, 9.17) is 11.0 Å². The van der Waals surface area contributed by atoms with Gasteiger partial charge in [-0.1, -0.05) is 12.1 Å². The van der Waals surface area contributed by atoms with Gasteiger partial charge in [-0.2, -0.15) is 5.26 Å². The highest BCUT2D eigenvalue weighted by atomic mass is 19.1. The lowest BCUT2D eigenvalue weighted by atomic mass is 10.1. The third kappa shape index (κ3) is 1.84. The lowest BCUT2D eigenvalue weighted by Gasteiger charge is -2.03. The van der Waals surface area contributed by atoms with E-state index in [-0.39, 0.29) is 11.4 Å². The second kappa shape index (κ2) is 3.99. The van der Waals surface area contributed by atoms with Crippen molar-refractivity contribution >= 4 is 5.69 Å². The van der Waals surface area contributed by atoms with Gasteiger partial charge in [0.2, 0.25) is 0 Å². The van der Waals surface area contributed by atoms with Crippen LogP contribution in [0.1, 0.15) is 5.56 Å². The highest BCUT2D eigenvalue weighted by molar-refractivity contribution is 5.62. The monoisotopic (exact) mass is 213 g/mol. The molecule has 0 aliphatic heterocycles. The summed E-state index contributed by atoms with van der Waals surface area (Å²) in [4.78, 5) is 3.92. The number of nitrogen functional groups attached to an aromatic ring is 1. The van der Waals surface area contributed by atoms with Crippen molar-refractivity contribution in [3.63, 3.8) is 0 Å². The van der Waals surface area contributed by atoms with Crippen LogP contribution < -0.4 is 5.73 Å². The van der Waals surface area contributed by atoms with Crippen LogP contribution in [0.15, 0.2) is 36.5 Å². The van der Waals surface area contributed by atoms with Gasteiger partial charge in [0.25, 0.3) is 0 Å². The predicted octanol–water partition coefficient (Wildman–Crippen LogP) is 2.34. The summed E-state index contributed by atoms with van der Waals surface area (Å²) in [7, 11) is 0. The Kier molecular flexibility index (Phi) is 2.52. The van der Waals surface area contributed by atoms with Gasteiger partial charge in [-0.25, -0.2) is 4.39 Å². The third-order valence-electron chi connectivity index (χ3n) is 2.15. The molecule has 2 rings (SSSR count). The average molecular weight is 213 g/mol. The largest absolute Gasteiger partial charge is 0.397 e. The van der Waals surface area contributed by atoms with Crippen molar-refractivity contribution in [1.82, 2.24) is 4.98 Å². The highest BCUT2D eigenvalue weighted by Gasteiger charge is 2.06. The molecule has 0 saturated carbocycles. The number of benzene rings is 1. The molecule has 0 amide bonds. The van der Waals surface area contributed by atoms with Crippen molar-refractivity contribution in [3.8, 4) is 17.3 Å². The van der Waals surface area contributed by atoms with Gasteiger partial charge in [0.15, 0.2) is 5.82 Å². The molecule has 2 N–H and O–H groups in total. The second-order valence-electron chi connectivity index (χ2n) is 3.29. The van der Waals surface area contributed by atoms with Crippen LogP contribution in [0.4, 0.5) is 10.1 Å². The summed E-state index contributed by atoms with van der Waals surface area (Å²) in [6, 6.07) is 9.76. The molecule has 1 aromatic carbocycles. The molecule has 16 heavy (non-hydrogen) atoms. The van der Waals surface area contributed by atoms with Gasteiger partial charge in [0.1, 0.15) is 5.69 Å². The number of halogens is 1. The van der Waals surface area contributed by atoms with Crippen LogP contribution in [0.5, 0.6) is 0 Å². The Hall–Kier alpha value is -2.41. The molecule has 1 aromatic heterocycles. The van der Waals surface area contributed by atoms with E-state index in [0.717, 1.165) is 0 Å². The Bertz CT molecular complexity index is 555. The molecular weight excluding hydrogens is 205 g/mol. The average Bonchev–Trinajstić information content (AvgIpc) is 2.29. The van der Waals surface area contributed by atoms with Gasteiger partial charge in [-0.05, 0) is 12.1 Å². The number of hydrogen-bond acceptors (Lipinski definition) is 3. The zero-order valence-electron chi connectivity index (χ0n) is 8.31. The molecule has 0 radical (unpaired) electrons. The standard InChI is InChI=1S/C12H8FN3/c13-11-5-10(15)7-16-12(11)9-3-1-8(6-14)2-4-9/h1-5,7H,15H2. The van der Waals surface area contributed by atoms with Crippen molar-refractivity contribution < 1.29 is 4.39 Å². The molecule has 0 spiro atoms. The number of aromatic nitrogens is 1. The van der Waals surface area contributed by atoms with E-state index in [1.807, 2.05) is 6.07 Å². The molecule has 0 unspecified atom stereocenters. The number of nitrogens with two attached hydrogens (primary N) is 1. The van der Waals surface area contributed by atoms with Crippen LogP contribution >= 0.6 is 0 Å². The van der Waals surface area contributed by atoms with Gasteiger partial charge in [-0.3, -0.25) is 4.98 Å². The molecule has 2 aromatic rings. The lowest BCUT2D eigenvalue weighted by molar-refractivity contribution is 0.626. The van der Waals surface area contributed by atoms with E-state index in [1.165, 1.54) is 12.3 Å². The third-order valence-corrected chi connectivity index (χ3v) is 2.15. The van der Waals surface area contributed by atoms with Crippen molar-refractivity contribution in [2.45, 2.75) is 0 Å². The van der Waals surface area contributed by atoms with E-state index in [0.29, 0.717) is 11.1 Å². The van der Waals surface area contributed by atoms with Crippen molar-refractivity contribution in [3.05, 3.63) is 47.9 Å². The maximum atomic E-state index is 13.5. The Morgan fingerprint density at radius 3 is 2.50 bits per heavy atom. The Morgan fingerprint density at radius 1 is 1.25 bits per heavy atom. The van der Waals surface area contributed by atoms with Gasteiger partial charge < -0.3 is 5.73 Å². The first-order valence-corrected chi connectivity index (χ1v) is 4.62. The lowest BCUT2D eigenvalue weighted by Crippen LogP contribution is -1.93. The van der Waals surface area contributed by atoms with E-state index < -0.39 is 5.82 Å². The first-order chi connectivity index (χ1) is 7.70. The van der Waals surface area contributed by atoms with Crippen LogP contribution in [0.25, 0.3) is 11.3 Å². The van der Waals surface area contributed by atoms with Crippen molar-refractivity contribution in [1.29, 1.82) is 5.26 Å². The summed E-state index contributed by atoms with van der Waals surface area (Å²) >= 11 is 0. The minimum absolute atomic E-state index is 0.235. The van der Waals surface area contributed by atoms with E-state index in [1.54, 1.807) is 24.3 Å². The quantitative estimate of drug-likeness (QED) is 0.790. The highest BCUT2D eigenvalue weighted by Crippen LogP contribution is 2.21. The summed E-state index contributed by atoms with van der Waals surface area (Å²) in [5, 5.41) is 8.63. The fourth-order valence-electron chi connectivity index (χ4n) is 1.37. The smallest absolute Gasteiger partial charge is 0.151 e. The van der Waals surface area contributed by atoms with Crippen LogP contribution in [0.3, 0.4) is 0 Å². The molecule has 0 fully saturated rings. The van der Waals surface area contributed by atoms with E-state index in [9.17, 15) is 4.39 Å². The minimum Gasteiger partial charge on any atom is -0.397 e. The minimum atomic E-state index is -0.468. The number of hydrogen-bond donors (Lipinski definition) is 1. The Balaban J connectivity index is 2.47. The van der Waals surface area contributed by atoms with Gasteiger partial charge in [-0.15, -0.1) is 0 Å². The van der Waals surface area contributed by atoms with Crippen LogP contribution in [-0.4, -0.2) is 4.98 Å². The van der Waals surface area contributed by atoms with Crippen molar-refractivity contribution in [2.75, 3.05) is 5.73 Å². The number of rotatable bonds is 1. The number of nitrogens with zero attached hydrogens (tertiary/aromatic N) is 2. The van der Waals surface area contributed by atoms with Gasteiger partial charge >= 0.3 is 0 Å². The number of pyridine rings is 1. The molecule has 3 nitrogen and oxygen atoms in total. The van der Waals surface area contributed by atoms with Crippen LogP contribution in [0, 0.1) is 17.1 Å². The first kappa shape index (κ1) is 10.1. The Morgan fingerprint density at radius 2 is 1.94 bits per heavy atom. The number of anilines is 1. The predicted molar refractivity (Wildman–Crippen MR) is 58.8 cm³/mol. The fourth-order valence-corrected chi connectivity index (χ4v) is 1.37. The molecule has 0 aliphatic rings. The van der Waals surface area contributed by atoms with E-state index >= 15 is 0 Å². The molecule has 0 saturated heterocycles. The normalized spacial score (nSPS) is 9.75. The molecule has 78 valence electrons.